The van der Waals surface area contributed by atoms with Gasteiger partial charge in [0.05, 0.1) is 11.5 Å². The zero-order valence-corrected chi connectivity index (χ0v) is 12.9. The highest BCUT2D eigenvalue weighted by atomic mass is 32.2. The summed E-state index contributed by atoms with van der Waals surface area (Å²) >= 11 is 0. The molecule has 2 fully saturated rings. The van der Waals surface area contributed by atoms with E-state index in [1.807, 2.05) is 11.9 Å². The number of carboxylic acid groups (broad SMARTS) is 1. The van der Waals surface area contributed by atoms with E-state index in [0.717, 1.165) is 12.8 Å². The Morgan fingerprint density at radius 1 is 1.40 bits per heavy atom. The van der Waals surface area contributed by atoms with E-state index >= 15 is 0 Å². The highest BCUT2D eigenvalue weighted by Crippen LogP contribution is 2.25. The van der Waals surface area contributed by atoms with Crippen LogP contribution in [0.2, 0.25) is 0 Å². The van der Waals surface area contributed by atoms with E-state index in [2.05, 4.69) is 5.32 Å². The van der Waals surface area contributed by atoms with Gasteiger partial charge in [0, 0.05) is 18.6 Å². The number of hydrogen-bond acceptors (Lipinski definition) is 5. The SMILES string of the molecule is CN(CCC(C)(NC1CC1)C(=O)O)C1CCS(=O)(=O)C1. The molecule has 0 bridgehead atoms. The smallest absolute Gasteiger partial charge is 0.323 e. The Morgan fingerprint density at radius 2 is 2.05 bits per heavy atom. The van der Waals surface area contributed by atoms with E-state index in [4.69, 9.17) is 0 Å². The van der Waals surface area contributed by atoms with Crippen molar-refractivity contribution in [2.24, 2.45) is 0 Å². The van der Waals surface area contributed by atoms with Crippen molar-refractivity contribution in [3.8, 4) is 0 Å². The van der Waals surface area contributed by atoms with Gasteiger partial charge in [-0.2, -0.15) is 0 Å². The molecular formula is C13H24N2O4S. The second-order valence-electron chi connectivity index (χ2n) is 6.34. The Labute approximate surface area is 120 Å². The van der Waals surface area contributed by atoms with Crippen LogP contribution in [-0.2, 0) is 14.6 Å². The number of sulfone groups is 1. The van der Waals surface area contributed by atoms with Gasteiger partial charge < -0.3 is 10.0 Å². The third kappa shape index (κ3) is 3.93. The molecule has 0 aromatic rings. The molecule has 1 heterocycles. The molecule has 2 unspecified atom stereocenters. The summed E-state index contributed by atoms with van der Waals surface area (Å²) in [5, 5.41) is 12.6. The molecule has 0 radical (unpaired) electrons. The van der Waals surface area contributed by atoms with Crippen molar-refractivity contribution in [3.63, 3.8) is 0 Å². The topological polar surface area (TPSA) is 86.7 Å². The number of hydrogen-bond donors (Lipinski definition) is 2. The third-order valence-corrected chi connectivity index (χ3v) is 6.12. The fourth-order valence-electron chi connectivity index (χ4n) is 2.62. The van der Waals surface area contributed by atoms with E-state index in [1.54, 1.807) is 6.92 Å². The van der Waals surface area contributed by atoms with Crippen LogP contribution < -0.4 is 5.32 Å². The average Bonchev–Trinajstić information content (AvgIpc) is 3.08. The zero-order valence-electron chi connectivity index (χ0n) is 12.1. The van der Waals surface area contributed by atoms with Crippen LogP contribution in [0.1, 0.15) is 32.6 Å². The van der Waals surface area contributed by atoms with Crippen molar-refractivity contribution >= 4 is 15.8 Å². The van der Waals surface area contributed by atoms with Crippen LogP contribution in [0.5, 0.6) is 0 Å². The van der Waals surface area contributed by atoms with Crippen molar-refractivity contribution in [3.05, 3.63) is 0 Å². The lowest BCUT2D eigenvalue weighted by Crippen LogP contribution is -2.52. The molecule has 0 aromatic heterocycles. The maximum absolute atomic E-state index is 11.5. The molecule has 0 amide bonds. The minimum Gasteiger partial charge on any atom is -0.480 e. The molecule has 1 saturated carbocycles. The highest BCUT2D eigenvalue weighted by Gasteiger charge is 2.39. The van der Waals surface area contributed by atoms with Crippen molar-refractivity contribution in [2.75, 3.05) is 25.1 Å². The minimum absolute atomic E-state index is 0.0268. The summed E-state index contributed by atoms with van der Waals surface area (Å²) in [6.45, 7) is 2.30. The van der Waals surface area contributed by atoms with E-state index < -0.39 is 21.3 Å². The quantitative estimate of drug-likeness (QED) is 0.693. The number of aliphatic carboxylic acids is 1. The molecule has 1 aliphatic heterocycles. The number of nitrogens with zero attached hydrogens (tertiary/aromatic N) is 1. The molecule has 2 aliphatic rings. The Morgan fingerprint density at radius 3 is 2.50 bits per heavy atom. The maximum atomic E-state index is 11.5. The lowest BCUT2D eigenvalue weighted by atomic mass is 9.97. The van der Waals surface area contributed by atoms with Crippen molar-refractivity contribution < 1.29 is 18.3 Å². The van der Waals surface area contributed by atoms with Gasteiger partial charge in [-0.25, -0.2) is 8.42 Å². The third-order valence-electron chi connectivity index (χ3n) is 4.37. The molecule has 6 nitrogen and oxygen atoms in total. The highest BCUT2D eigenvalue weighted by molar-refractivity contribution is 7.91. The zero-order chi connectivity index (χ0) is 15.0. The van der Waals surface area contributed by atoms with Crippen LogP contribution in [0, 0.1) is 0 Å². The minimum atomic E-state index is -2.89. The number of carboxylic acids is 1. The largest absolute Gasteiger partial charge is 0.480 e. The van der Waals surface area contributed by atoms with Gasteiger partial charge in [0.25, 0.3) is 0 Å². The Balaban J connectivity index is 1.87. The molecule has 1 aliphatic carbocycles. The second-order valence-corrected chi connectivity index (χ2v) is 8.57. The summed E-state index contributed by atoms with van der Waals surface area (Å²) in [6.07, 6.45) is 3.21. The lowest BCUT2D eigenvalue weighted by Gasteiger charge is -2.30. The summed E-state index contributed by atoms with van der Waals surface area (Å²) in [5.74, 6) is -0.390. The van der Waals surface area contributed by atoms with E-state index in [9.17, 15) is 18.3 Å². The predicted octanol–water partition coefficient (Wildman–Crippen LogP) is 0.0907. The number of carbonyl (C=O) groups is 1. The van der Waals surface area contributed by atoms with Gasteiger partial charge in [0.15, 0.2) is 9.84 Å². The van der Waals surface area contributed by atoms with Gasteiger partial charge in [-0.1, -0.05) is 0 Å². The molecular weight excluding hydrogens is 280 g/mol. The molecule has 116 valence electrons. The first-order chi connectivity index (χ1) is 9.22. The fourth-order valence-corrected chi connectivity index (χ4v) is 4.43. The Hall–Kier alpha value is -0.660. The van der Waals surface area contributed by atoms with Gasteiger partial charge in [-0.3, -0.25) is 10.1 Å². The monoisotopic (exact) mass is 304 g/mol. The fraction of sp³-hybridized carbons (Fsp3) is 0.923. The first-order valence-electron chi connectivity index (χ1n) is 7.14. The summed E-state index contributed by atoms with van der Waals surface area (Å²) in [7, 11) is -1.01. The Bertz CT molecular complexity index is 475. The second kappa shape index (κ2) is 5.61. The standard InChI is InChI=1S/C13H24N2O4S/c1-13(12(16)17,14-10-3-4-10)6-7-15(2)11-5-8-20(18,19)9-11/h10-11,14H,3-9H2,1-2H3,(H,16,17). The number of nitrogens with one attached hydrogen (secondary N) is 1. The number of rotatable bonds is 7. The molecule has 0 aromatic carbocycles. The molecule has 0 spiro atoms. The summed E-state index contributed by atoms with van der Waals surface area (Å²) in [6, 6.07) is 0.354. The molecule has 1 saturated heterocycles. The van der Waals surface area contributed by atoms with Gasteiger partial charge in [-0.15, -0.1) is 0 Å². The lowest BCUT2D eigenvalue weighted by molar-refractivity contribution is -0.144. The van der Waals surface area contributed by atoms with Crippen LogP contribution in [0.3, 0.4) is 0 Å². The van der Waals surface area contributed by atoms with Crippen LogP contribution in [0.25, 0.3) is 0 Å². The van der Waals surface area contributed by atoms with Crippen LogP contribution >= 0.6 is 0 Å². The summed E-state index contributed by atoms with van der Waals surface area (Å²) in [5.41, 5.74) is -0.924. The van der Waals surface area contributed by atoms with E-state index in [1.165, 1.54) is 0 Å². The molecule has 20 heavy (non-hydrogen) atoms. The van der Waals surface area contributed by atoms with Gasteiger partial charge in [0.2, 0.25) is 0 Å². The maximum Gasteiger partial charge on any atom is 0.323 e. The van der Waals surface area contributed by atoms with Gasteiger partial charge >= 0.3 is 5.97 Å². The first kappa shape index (κ1) is 15.7. The molecule has 2 atom stereocenters. The molecule has 2 N–H and O–H groups in total. The molecule has 2 rings (SSSR count). The van der Waals surface area contributed by atoms with Gasteiger partial charge in [0.1, 0.15) is 5.54 Å². The van der Waals surface area contributed by atoms with E-state index in [0.29, 0.717) is 25.4 Å². The van der Waals surface area contributed by atoms with Crippen molar-refractivity contribution in [2.45, 2.75) is 50.2 Å². The van der Waals surface area contributed by atoms with Gasteiger partial charge in [-0.05, 0) is 39.7 Å². The summed E-state index contributed by atoms with van der Waals surface area (Å²) < 4.78 is 23.0. The normalized spacial score (nSPS) is 28.4. The van der Waals surface area contributed by atoms with Crippen LogP contribution in [0.4, 0.5) is 0 Å². The van der Waals surface area contributed by atoms with E-state index in [-0.39, 0.29) is 17.5 Å². The Kier molecular flexibility index (Phi) is 4.41. The van der Waals surface area contributed by atoms with Crippen molar-refractivity contribution in [1.82, 2.24) is 10.2 Å². The first-order valence-corrected chi connectivity index (χ1v) is 8.96. The molecule has 7 heteroatoms. The van der Waals surface area contributed by atoms with Crippen LogP contribution in [-0.4, -0.2) is 67.1 Å². The van der Waals surface area contributed by atoms with Crippen molar-refractivity contribution in [1.29, 1.82) is 0 Å². The predicted molar refractivity (Wildman–Crippen MR) is 76.5 cm³/mol. The van der Waals surface area contributed by atoms with Crippen LogP contribution in [0.15, 0.2) is 0 Å². The average molecular weight is 304 g/mol. The summed E-state index contributed by atoms with van der Waals surface area (Å²) in [4.78, 5) is 13.4.